The number of carbonyl (C=O) groups is 1. The summed E-state index contributed by atoms with van der Waals surface area (Å²) in [5.41, 5.74) is 0.815. The minimum Gasteiger partial charge on any atom is -0.490 e. The molecule has 2 heterocycles. The number of thioether (sulfide) groups is 1. The largest absolute Gasteiger partial charge is 0.490 e. The van der Waals surface area contributed by atoms with Crippen LogP contribution in [0.15, 0.2) is 24.3 Å². The second-order valence-electron chi connectivity index (χ2n) is 5.51. The first-order valence-corrected chi connectivity index (χ1v) is 8.84. The molecule has 2 N–H and O–H groups in total. The molecule has 1 aromatic carbocycles. The van der Waals surface area contributed by atoms with Gasteiger partial charge in [0.25, 0.3) is 0 Å². The van der Waals surface area contributed by atoms with Gasteiger partial charge in [-0.25, -0.2) is 0 Å². The molecular weight excluding hydrogens is 300 g/mol. The quantitative estimate of drug-likeness (QED) is 0.886. The van der Waals surface area contributed by atoms with E-state index in [1.54, 1.807) is 11.8 Å². The molecule has 0 aromatic heterocycles. The highest BCUT2D eigenvalue weighted by Crippen LogP contribution is 2.21. The van der Waals surface area contributed by atoms with Crippen LogP contribution in [0.1, 0.15) is 12.8 Å². The van der Waals surface area contributed by atoms with E-state index in [1.165, 1.54) is 0 Å². The van der Waals surface area contributed by atoms with E-state index >= 15 is 0 Å². The van der Waals surface area contributed by atoms with Crippen LogP contribution in [0.3, 0.4) is 0 Å². The summed E-state index contributed by atoms with van der Waals surface area (Å²) in [7, 11) is 0. The van der Waals surface area contributed by atoms with Crippen molar-refractivity contribution in [2.24, 2.45) is 0 Å². The van der Waals surface area contributed by atoms with Crippen LogP contribution in [0, 0.1) is 0 Å². The first-order valence-electron chi connectivity index (χ1n) is 7.79. The molecule has 3 rings (SSSR count). The smallest absolute Gasteiger partial charge is 0.238 e. The Bertz CT molecular complexity index is 483. The molecule has 0 aliphatic carbocycles. The fourth-order valence-electron chi connectivity index (χ4n) is 2.56. The van der Waals surface area contributed by atoms with Gasteiger partial charge in [0, 0.05) is 37.4 Å². The third-order valence-electron chi connectivity index (χ3n) is 3.81. The van der Waals surface area contributed by atoms with Crippen molar-refractivity contribution in [3.63, 3.8) is 0 Å². The Balaban J connectivity index is 1.51. The molecule has 2 saturated heterocycles. The average molecular weight is 322 g/mol. The standard InChI is InChI=1S/C16H22N2O3S/c19-16(15-11-17-7-10-22-15)18-12-1-3-13(4-2-12)21-14-5-8-20-9-6-14/h1-4,14-15,17H,5-11H2,(H,18,19). The molecule has 5 nitrogen and oxygen atoms in total. The van der Waals surface area contributed by atoms with Crippen molar-refractivity contribution >= 4 is 23.4 Å². The number of ether oxygens (including phenoxy) is 2. The van der Waals surface area contributed by atoms with Crippen LogP contribution in [0.25, 0.3) is 0 Å². The van der Waals surface area contributed by atoms with Crippen LogP contribution >= 0.6 is 11.8 Å². The van der Waals surface area contributed by atoms with E-state index in [9.17, 15) is 4.79 Å². The summed E-state index contributed by atoms with van der Waals surface area (Å²) in [6, 6.07) is 7.62. The number of anilines is 1. The van der Waals surface area contributed by atoms with E-state index in [2.05, 4.69) is 10.6 Å². The molecule has 120 valence electrons. The fourth-order valence-corrected chi connectivity index (χ4v) is 3.55. The van der Waals surface area contributed by atoms with Crippen molar-refractivity contribution in [3.05, 3.63) is 24.3 Å². The Labute approximate surface area is 135 Å². The summed E-state index contributed by atoms with van der Waals surface area (Å²) >= 11 is 1.71. The van der Waals surface area contributed by atoms with Crippen molar-refractivity contribution in [3.8, 4) is 5.75 Å². The maximum Gasteiger partial charge on any atom is 0.238 e. The molecule has 1 atom stereocenters. The highest BCUT2D eigenvalue weighted by atomic mass is 32.2. The maximum absolute atomic E-state index is 12.2. The molecule has 1 unspecified atom stereocenters. The lowest BCUT2D eigenvalue weighted by molar-refractivity contribution is -0.115. The van der Waals surface area contributed by atoms with Gasteiger partial charge >= 0.3 is 0 Å². The Morgan fingerprint density at radius 2 is 2.05 bits per heavy atom. The van der Waals surface area contributed by atoms with E-state index in [1.807, 2.05) is 24.3 Å². The zero-order valence-corrected chi connectivity index (χ0v) is 13.4. The van der Waals surface area contributed by atoms with Crippen molar-refractivity contribution in [2.45, 2.75) is 24.2 Å². The van der Waals surface area contributed by atoms with Gasteiger partial charge in [-0.1, -0.05) is 0 Å². The first kappa shape index (κ1) is 15.6. The maximum atomic E-state index is 12.2. The van der Waals surface area contributed by atoms with E-state index in [-0.39, 0.29) is 17.3 Å². The predicted molar refractivity (Wildman–Crippen MR) is 88.7 cm³/mol. The fraction of sp³-hybridized carbons (Fsp3) is 0.562. The third kappa shape index (κ3) is 4.38. The van der Waals surface area contributed by atoms with E-state index in [4.69, 9.17) is 9.47 Å². The number of hydrogen-bond donors (Lipinski definition) is 2. The topological polar surface area (TPSA) is 59.6 Å². The molecule has 1 amide bonds. The average Bonchev–Trinajstić information content (AvgIpc) is 2.58. The van der Waals surface area contributed by atoms with Gasteiger partial charge in [0.15, 0.2) is 0 Å². The summed E-state index contributed by atoms with van der Waals surface area (Å²) in [4.78, 5) is 12.2. The van der Waals surface area contributed by atoms with E-state index in [0.29, 0.717) is 0 Å². The molecule has 1 aromatic rings. The predicted octanol–water partition coefficient (Wildman–Crippen LogP) is 1.89. The van der Waals surface area contributed by atoms with Crippen molar-refractivity contribution in [1.82, 2.24) is 5.32 Å². The monoisotopic (exact) mass is 322 g/mol. The number of benzene rings is 1. The minimum absolute atomic E-state index is 0.00749. The SMILES string of the molecule is O=C(Nc1ccc(OC2CCOCC2)cc1)C1CNCCS1. The second-order valence-corrected chi connectivity index (χ2v) is 6.82. The van der Waals surface area contributed by atoms with Gasteiger partial charge in [0.1, 0.15) is 11.9 Å². The molecule has 0 spiro atoms. The van der Waals surface area contributed by atoms with Crippen molar-refractivity contribution < 1.29 is 14.3 Å². The number of hydrogen-bond acceptors (Lipinski definition) is 5. The Hall–Kier alpha value is -1.24. The molecule has 0 bridgehead atoms. The third-order valence-corrected chi connectivity index (χ3v) is 5.04. The van der Waals surface area contributed by atoms with Gasteiger partial charge in [-0.3, -0.25) is 4.79 Å². The number of rotatable bonds is 4. The summed E-state index contributed by atoms with van der Waals surface area (Å²) in [5, 5.41) is 6.20. The molecule has 2 aliphatic rings. The number of amides is 1. The lowest BCUT2D eigenvalue weighted by Gasteiger charge is -2.23. The summed E-state index contributed by atoms with van der Waals surface area (Å²) in [5.74, 6) is 1.89. The van der Waals surface area contributed by atoms with Crippen molar-refractivity contribution in [2.75, 3.05) is 37.4 Å². The normalized spacial score (nSPS) is 23.0. The van der Waals surface area contributed by atoms with Gasteiger partial charge in [0.2, 0.25) is 5.91 Å². The highest BCUT2D eigenvalue weighted by molar-refractivity contribution is 8.00. The second kappa shape index (κ2) is 7.85. The molecule has 6 heteroatoms. The Morgan fingerprint density at radius 3 is 2.73 bits per heavy atom. The summed E-state index contributed by atoms with van der Waals surface area (Å²) in [6.07, 6.45) is 2.10. The van der Waals surface area contributed by atoms with Gasteiger partial charge in [-0.05, 0) is 24.3 Å². The van der Waals surface area contributed by atoms with Crippen LogP contribution in [-0.2, 0) is 9.53 Å². The molecule has 0 saturated carbocycles. The van der Waals surface area contributed by atoms with Crippen LogP contribution in [0.4, 0.5) is 5.69 Å². The van der Waals surface area contributed by atoms with Gasteiger partial charge in [0.05, 0.1) is 18.5 Å². The molecule has 2 fully saturated rings. The Kier molecular flexibility index (Phi) is 5.58. The van der Waals surface area contributed by atoms with E-state index in [0.717, 1.165) is 56.3 Å². The summed E-state index contributed by atoms with van der Waals surface area (Å²) < 4.78 is 11.2. The van der Waals surface area contributed by atoms with Gasteiger partial charge in [-0.15, -0.1) is 11.8 Å². The zero-order valence-electron chi connectivity index (χ0n) is 12.5. The summed E-state index contributed by atoms with van der Waals surface area (Å²) in [6.45, 7) is 3.26. The Morgan fingerprint density at radius 1 is 1.27 bits per heavy atom. The molecular formula is C16H22N2O3S. The van der Waals surface area contributed by atoms with Crippen molar-refractivity contribution in [1.29, 1.82) is 0 Å². The van der Waals surface area contributed by atoms with Gasteiger partial charge < -0.3 is 20.1 Å². The van der Waals surface area contributed by atoms with Crippen LogP contribution < -0.4 is 15.4 Å². The minimum atomic E-state index is -0.00749. The van der Waals surface area contributed by atoms with Gasteiger partial charge in [-0.2, -0.15) is 0 Å². The van der Waals surface area contributed by atoms with Crippen LogP contribution in [0.2, 0.25) is 0 Å². The van der Waals surface area contributed by atoms with E-state index < -0.39 is 0 Å². The molecule has 2 aliphatic heterocycles. The zero-order chi connectivity index (χ0) is 15.2. The lowest BCUT2D eigenvalue weighted by atomic mass is 10.1. The molecule has 0 radical (unpaired) electrons. The molecule has 22 heavy (non-hydrogen) atoms. The number of carbonyl (C=O) groups excluding carboxylic acids is 1. The van der Waals surface area contributed by atoms with Crippen LogP contribution in [0.5, 0.6) is 5.75 Å². The van der Waals surface area contributed by atoms with Crippen LogP contribution in [-0.4, -0.2) is 49.3 Å². The number of nitrogens with one attached hydrogen (secondary N) is 2. The highest BCUT2D eigenvalue weighted by Gasteiger charge is 2.21. The lowest BCUT2D eigenvalue weighted by Crippen LogP contribution is -2.40. The first-order chi connectivity index (χ1) is 10.8.